The molecule has 1 atom stereocenters. The number of pyridine rings is 2. The van der Waals surface area contributed by atoms with E-state index in [4.69, 9.17) is 10.5 Å². The van der Waals surface area contributed by atoms with Gasteiger partial charge in [-0.15, -0.1) is 0 Å². The number of aromatic amines is 1. The van der Waals surface area contributed by atoms with Gasteiger partial charge in [-0.2, -0.15) is 0 Å². The number of nitrogens with zero attached hydrogens (tertiary/aromatic N) is 2. The van der Waals surface area contributed by atoms with Crippen LogP contribution in [-0.2, 0) is 4.74 Å². The minimum absolute atomic E-state index is 0.189. The van der Waals surface area contributed by atoms with Crippen molar-refractivity contribution in [3.05, 3.63) is 54.0 Å². The predicted octanol–water partition coefficient (Wildman–Crippen LogP) is 2.28. The fourth-order valence-corrected chi connectivity index (χ4v) is 2.21. The maximum atomic E-state index is 5.61. The molecule has 0 aliphatic heterocycles. The Morgan fingerprint density at radius 3 is 2.89 bits per heavy atom. The molecule has 3 heterocycles. The van der Waals surface area contributed by atoms with E-state index in [1.54, 1.807) is 25.6 Å². The second-order valence-corrected chi connectivity index (χ2v) is 4.28. The third-order valence-electron chi connectivity index (χ3n) is 3.11. The Balaban J connectivity index is 2.09. The molecule has 0 aliphatic carbocycles. The van der Waals surface area contributed by atoms with Gasteiger partial charge in [-0.25, -0.2) is 9.97 Å². The number of anilines is 1. The van der Waals surface area contributed by atoms with E-state index >= 15 is 0 Å². The van der Waals surface area contributed by atoms with E-state index in [2.05, 4.69) is 15.0 Å². The summed E-state index contributed by atoms with van der Waals surface area (Å²) in [5.74, 6) is 0.499. The molecule has 3 N–H and O–H groups in total. The first-order valence-corrected chi connectivity index (χ1v) is 5.96. The van der Waals surface area contributed by atoms with Crippen LogP contribution in [0.3, 0.4) is 0 Å². The molecule has 0 saturated carbocycles. The molecule has 3 aromatic rings. The highest BCUT2D eigenvalue weighted by atomic mass is 16.5. The van der Waals surface area contributed by atoms with Gasteiger partial charge in [0.2, 0.25) is 0 Å². The van der Waals surface area contributed by atoms with E-state index in [1.807, 2.05) is 24.4 Å². The molecule has 3 rings (SSSR count). The van der Waals surface area contributed by atoms with E-state index in [-0.39, 0.29) is 6.10 Å². The Kier molecular flexibility index (Phi) is 2.89. The lowest BCUT2D eigenvalue weighted by Gasteiger charge is -2.14. The van der Waals surface area contributed by atoms with Crippen LogP contribution in [0.5, 0.6) is 0 Å². The second kappa shape index (κ2) is 4.70. The van der Waals surface area contributed by atoms with Crippen LogP contribution in [0.1, 0.15) is 17.2 Å². The molecule has 0 fully saturated rings. The quantitative estimate of drug-likeness (QED) is 0.751. The highest BCUT2D eigenvalue weighted by Crippen LogP contribution is 2.30. The number of H-pyrrole nitrogens is 1. The highest BCUT2D eigenvalue weighted by molar-refractivity contribution is 5.80. The zero-order valence-corrected chi connectivity index (χ0v) is 10.5. The minimum atomic E-state index is -0.189. The second-order valence-electron chi connectivity index (χ2n) is 4.28. The van der Waals surface area contributed by atoms with Crippen molar-refractivity contribution in [1.82, 2.24) is 15.0 Å². The average molecular weight is 254 g/mol. The number of nitrogens with one attached hydrogen (secondary N) is 1. The summed E-state index contributed by atoms with van der Waals surface area (Å²) in [6.45, 7) is 0. The molecular weight excluding hydrogens is 240 g/mol. The van der Waals surface area contributed by atoms with Gasteiger partial charge >= 0.3 is 0 Å². The van der Waals surface area contributed by atoms with Crippen LogP contribution < -0.4 is 5.73 Å². The van der Waals surface area contributed by atoms with Gasteiger partial charge in [0, 0.05) is 42.2 Å². The molecule has 3 aromatic heterocycles. The van der Waals surface area contributed by atoms with Crippen molar-refractivity contribution in [3.63, 3.8) is 0 Å². The summed E-state index contributed by atoms with van der Waals surface area (Å²) in [7, 11) is 1.68. The first-order chi connectivity index (χ1) is 9.29. The fourth-order valence-electron chi connectivity index (χ4n) is 2.21. The third-order valence-corrected chi connectivity index (χ3v) is 3.11. The lowest BCUT2D eigenvalue weighted by molar-refractivity contribution is 0.137. The number of methoxy groups -OCH3 is 1. The molecule has 0 aromatic carbocycles. The Morgan fingerprint density at radius 1 is 1.26 bits per heavy atom. The number of fused-ring (bicyclic) bond motifs is 1. The monoisotopic (exact) mass is 254 g/mol. The first kappa shape index (κ1) is 11.7. The molecule has 5 heteroatoms. The van der Waals surface area contributed by atoms with Gasteiger partial charge in [-0.05, 0) is 18.2 Å². The normalized spacial score (nSPS) is 12.7. The van der Waals surface area contributed by atoms with Crippen LogP contribution in [-0.4, -0.2) is 22.1 Å². The predicted molar refractivity (Wildman–Crippen MR) is 73.6 cm³/mol. The summed E-state index contributed by atoms with van der Waals surface area (Å²) in [5, 5.41) is 1.05. The maximum Gasteiger partial charge on any atom is 0.137 e. The number of hydrogen-bond acceptors (Lipinski definition) is 4. The zero-order valence-electron chi connectivity index (χ0n) is 10.5. The van der Waals surface area contributed by atoms with Gasteiger partial charge in [-0.1, -0.05) is 6.07 Å². The lowest BCUT2D eigenvalue weighted by Crippen LogP contribution is -2.04. The van der Waals surface area contributed by atoms with Crippen LogP contribution in [0.2, 0.25) is 0 Å². The van der Waals surface area contributed by atoms with Crippen LogP contribution in [0.25, 0.3) is 11.0 Å². The van der Waals surface area contributed by atoms with E-state index in [0.717, 1.165) is 22.2 Å². The zero-order chi connectivity index (χ0) is 13.2. The Morgan fingerprint density at radius 2 is 2.16 bits per heavy atom. The Bertz CT molecular complexity index is 690. The topological polar surface area (TPSA) is 76.8 Å². The van der Waals surface area contributed by atoms with E-state index < -0.39 is 0 Å². The number of hydrogen-bond donors (Lipinski definition) is 2. The molecule has 5 nitrogen and oxygen atoms in total. The van der Waals surface area contributed by atoms with Crippen molar-refractivity contribution in [3.8, 4) is 0 Å². The van der Waals surface area contributed by atoms with Gasteiger partial charge in [0.25, 0.3) is 0 Å². The SMILES string of the molecule is COC(c1ccc(N)nc1)c1c[nH]c2ncccc12. The van der Waals surface area contributed by atoms with Gasteiger partial charge in [-0.3, -0.25) is 0 Å². The Labute approximate surface area is 110 Å². The van der Waals surface area contributed by atoms with Crippen molar-refractivity contribution in [1.29, 1.82) is 0 Å². The van der Waals surface area contributed by atoms with E-state index in [0.29, 0.717) is 5.82 Å². The lowest BCUT2D eigenvalue weighted by atomic mass is 10.0. The molecule has 0 radical (unpaired) electrons. The third kappa shape index (κ3) is 2.04. The number of aromatic nitrogens is 3. The molecule has 0 bridgehead atoms. The summed E-state index contributed by atoms with van der Waals surface area (Å²) in [5.41, 5.74) is 8.46. The molecule has 96 valence electrons. The Hall–Kier alpha value is -2.40. The van der Waals surface area contributed by atoms with Crippen molar-refractivity contribution in [2.24, 2.45) is 0 Å². The molecule has 0 saturated heterocycles. The van der Waals surface area contributed by atoms with Gasteiger partial charge in [0.1, 0.15) is 17.6 Å². The van der Waals surface area contributed by atoms with Crippen LogP contribution >= 0.6 is 0 Å². The fraction of sp³-hybridized carbons (Fsp3) is 0.143. The summed E-state index contributed by atoms with van der Waals surface area (Å²) in [6.07, 6.45) is 5.22. The molecule has 0 amide bonds. The summed E-state index contributed by atoms with van der Waals surface area (Å²) >= 11 is 0. The summed E-state index contributed by atoms with van der Waals surface area (Å²) < 4.78 is 5.60. The van der Waals surface area contributed by atoms with Crippen LogP contribution in [0.15, 0.2) is 42.9 Å². The van der Waals surface area contributed by atoms with Crippen molar-refractivity contribution in [2.45, 2.75) is 6.10 Å². The smallest absolute Gasteiger partial charge is 0.137 e. The van der Waals surface area contributed by atoms with Crippen LogP contribution in [0.4, 0.5) is 5.82 Å². The van der Waals surface area contributed by atoms with E-state index in [1.165, 1.54) is 0 Å². The molecule has 19 heavy (non-hydrogen) atoms. The van der Waals surface area contributed by atoms with Crippen molar-refractivity contribution in [2.75, 3.05) is 12.8 Å². The van der Waals surface area contributed by atoms with Gasteiger partial charge in [0.05, 0.1) is 0 Å². The number of nitrogens with two attached hydrogens (primary N) is 1. The van der Waals surface area contributed by atoms with Gasteiger partial charge in [0.15, 0.2) is 0 Å². The molecule has 0 aliphatic rings. The first-order valence-electron chi connectivity index (χ1n) is 5.96. The van der Waals surface area contributed by atoms with Crippen molar-refractivity contribution < 1.29 is 4.74 Å². The molecular formula is C14H14N4O. The van der Waals surface area contributed by atoms with E-state index in [9.17, 15) is 0 Å². The number of rotatable bonds is 3. The highest BCUT2D eigenvalue weighted by Gasteiger charge is 2.18. The maximum absolute atomic E-state index is 5.61. The van der Waals surface area contributed by atoms with Gasteiger partial charge < -0.3 is 15.5 Å². The standard InChI is InChI=1S/C14H14N4O/c1-19-13(9-4-5-12(15)17-7-9)11-8-18-14-10(11)3-2-6-16-14/h2-8,13H,1H3,(H2,15,17)(H,16,18). The minimum Gasteiger partial charge on any atom is -0.384 e. The number of ether oxygens (including phenoxy) is 1. The number of nitrogen functional groups attached to an aromatic ring is 1. The summed E-state index contributed by atoms with van der Waals surface area (Å²) in [6, 6.07) is 7.62. The van der Waals surface area contributed by atoms with Crippen molar-refractivity contribution >= 4 is 16.9 Å². The largest absolute Gasteiger partial charge is 0.384 e. The van der Waals surface area contributed by atoms with Crippen LogP contribution in [0, 0.1) is 0 Å². The average Bonchev–Trinajstić information content (AvgIpc) is 2.86. The summed E-state index contributed by atoms with van der Waals surface area (Å²) in [4.78, 5) is 11.5. The molecule has 1 unspecified atom stereocenters. The molecule has 0 spiro atoms.